The first-order valence-electron chi connectivity index (χ1n) is 8.33. The molecular weight excluding hydrogens is 336 g/mol. The fraction of sp³-hybridized carbons (Fsp3) is 0.316. The van der Waals surface area contributed by atoms with Crippen LogP contribution in [0.2, 0.25) is 0 Å². The fourth-order valence-corrected chi connectivity index (χ4v) is 3.75. The highest BCUT2D eigenvalue weighted by atomic mass is 32.2. The predicted molar refractivity (Wildman–Crippen MR) is 100 cm³/mol. The maximum atomic E-state index is 12.5. The molecule has 0 unspecified atom stereocenters. The van der Waals surface area contributed by atoms with Crippen LogP contribution in [0.15, 0.2) is 53.4 Å². The van der Waals surface area contributed by atoms with Gasteiger partial charge >= 0.3 is 0 Å². The van der Waals surface area contributed by atoms with Crippen molar-refractivity contribution in [2.75, 3.05) is 4.72 Å². The first-order chi connectivity index (χ1) is 11.8. The molecule has 0 saturated heterocycles. The van der Waals surface area contributed by atoms with E-state index in [9.17, 15) is 13.2 Å². The minimum Gasteiger partial charge on any atom is -0.350 e. The van der Waals surface area contributed by atoms with Gasteiger partial charge < -0.3 is 5.32 Å². The van der Waals surface area contributed by atoms with Crippen LogP contribution in [0.1, 0.15) is 42.6 Å². The molecule has 0 aliphatic heterocycles. The second-order valence-corrected chi connectivity index (χ2v) is 7.74. The van der Waals surface area contributed by atoms with Crippen LogP contribution in [-0.2, 0) is 10.0 Å². The summed E-state index contributed by atoms with van der Waals surface area (Å²) < 4.78 is 27.5. The van der Waals surface area contributed by atoms with Gasteiger partial charge in [0.15, 0.2) is 0 Å². The molecule has 5 nitrogen and oxygen atoms in total. The monoisotopic (exact) mass is 360 g/mol. The standard InChI is InChI=1S/C19H24N2O3S/c1-4-9-14(2)20-19(22)17-12-8-13-18(15(17)3)21-25(23,24)16-10-6-5-7-11-16/h5-8,10-14,21H,4,9H2,1-3H3,(H,20,22)/t14-/m0/s1. The van der Waals surface area contributed by atoms with E-state index in [0.717, 1.165) is 12.8 Å². The number of hydrogen-bond donors (Lipinski definition) is 2. The Balaban J connectivity index is 2.25. The summed E-state index contributed by atoms with van der Waals surface area (Å²) in [5.41, 5.74) is 1.47. The van der Waals surface area contributed by atoms with Crippen LogP contribution in [0.25, 0.3) is 0 Å². The summed E-state index contributed by atoms with van der Waals surface area (Å²) in [6, 6.07) is 13.2. The summed E-state index contributed by atoms with van der Waals surface area (Å²) in [5.74, 6) is -0.195. The number of nitrogens with one attached hydrogen (secondary N) is 2. The van der Waals surface area contributed by atoms with Crippen LogP contribution in [0, 0.1) is 6.92 Å². The number of carbonyl (C=O) groups is 1. The van der Waals surface area contributed by atoms with Gasteiger partial charge in [-0.05, 0) is 50.1 Å². The highest BCUT2D eigenvalue weighted by Gasteiger charge is 2.18. The van der Waals surface area contributed by atoms with E-state index in [4.69, 9.17) is 0 Å². The van der Waals surface area contributed by atoms with Crippen molar-refractivity contribution in [1.82, 2.24) is 5.32 Å². The van der Waals surface area contributed by atoms with Crippen LogP contribution in [-0.4, -0.2) is 20.4 Å². The van der Waals surface area contributed by atoms with Gasteiger partial charge in [-0.3, -0.25) is 9.52 Å². The number of rotatable bonds is 7. The lowest BCUT2D eigenvalue weighted by Gasteiger charge is -2.16. The van der Waals surface area contributed by atoms with Crippen molar-refractivity contribution in [2.24, 2.45) is 0 Å². The van der Waals surface area contributed by atoms with Crippen molar-refractivity contribution in [2.45, 2.75) is 44.6 Å². The van der Waals surface area contributed by atoms with E-state index in [2.05, 4.69) is 17.0 Å². The largest absolute Gasteiger partial charge is 0.350 e. The lowest BCUT2D eigenvalue weighted by Crippen LogP contribution is -2.33. The van der Waals surface area contributed by atoms with Crippen molar-refractivity contribution >= 4 is 21.6 Å². The molecule has 0 aromatic heterocycles. The molecule has 0 fully saturated rings. The van der Waals surface area contributed by atoms with Crippen LogP contribution >= 0.6 is 0 Å². The Bertz CT molecular complexity index is 833. The van der Waals surface area contributed by atoms with Gasteiger partial charge in [-0.1, -0.05) is 37.6 Å². The SMILES string of the molecule is CCC[C@H](C)NC(=O)c1cccc(NS(=O)(=O)c2ccccc2)c1C. The van der Waals surface area contributed by atoms with Gasteiger partial charge in [-0.25, -0.2) is 8.42 Å². The maximum Gasteiger partial charge on any atom is 0.261 e. The highest BCUT2D eigenvalue weighted by molar-refractivity contribution is 7.92. The average molecular weight is 360 g/mol. The smallest absolute Gasteiger partial charge is 0.261 e. The molecule has 2 aromatic carbocycles. The number of sulfonamides is 1. The first kappa shape index (κ1) is 19.0. The van der Waals surface area contributed by atoms with Gasteiger partial charge in [0.05, 0.1) is 10.6 Å². The second kappa shape index (κ2) is 8.16. The quantitative estimate of drug-likeness (QED) is 0.790. The van der Waals surface area contributed by atoms with Gasteiger partial charge in [0, 0.05) is 11.6 Å². The molecular formula is C19H24N2O3S. The molecule has 0 radical (unpaired) electrons. The number of benzene rings is 2. The Hall–Kier alpha value is -2.34. The topological polar surface area (TPSA) is 75.3 Å². The van der Waals surface area contributed by atoms with Gasteiger partial charge in [0.2, 0.25) is 0 Å². The maximum absolute atomic E-state index is 12.5. The summed E-state index contributed by atoms with van der Waals surface area (Å²) in [4.78, 5) is 12.6. The first-order valence-corrected chi connectivity index (χ1v) is 9.81. The Morgan fingerprint density at radius 3 is 2.40 bits per heavy atom. The van der Waals surface area contributed by atoms with E-state index < -0.39 is 10.0 Å². The molecule has 0 spiro atoms. The summed E-state index contributed by atoms with van der Waals surface area (Å²) in [5, 5.41) is 2.94. The lowest BCUT2D eigenvalue weighted by atomic mass is 10.1. The molecule has 0 bridgehead atoms. The van der Waals surface area contributed by atoms with E-state index in [1.807, 2.05) is 6.92 Å². The number of anilines is 1. The van der Waals surface area contributed by atoms with E-state index in [1.54, 1.807) is 43.3 Å². The van der Waals surface area contributed by atoms with Gasteiger partial charge in [-0.2, -0.15) is 0 Å². The van der Waals surface area contributed by atoms with E-state index in [0.29, 0.717) is 16.8 Å². The predicted octanol–water partition coefficient (Wildman–Crippen LogP) is 3.71. The van der Waals surface area contributed by atoms with Crippen molar-refractivity contribution in [1.29, 1.82) is 0 Å². The molecule has 6 heteroatoms. The minimum absolute atomic E-state index is 0.0709. The third kappa shape index (κ3) is 4.82. The van der Waals surface area contributed by atoms with Crippen LogP contribution < -0.4 is 10.0 Å². The van der Waals surface area contributed by atoms with E-state index in [-0.39, 0.29) is 16.8 Å². The molecule has 2 rings (SSSR count). The molecule has 2 N–H and O–H groups in total. The van der Waals surface area contributed by atoms with E-state index in [1.165, 1.54) is 12.1 Å². The lowest BCUT2D eigenvalue weighted by molar-refractivity contribution is 0.0937. The number of amides is 1. The van der Waals surface area contributed by atoms with Crippen LogP contribution in [0.3, 0.4) is 0 Å². The Labute approximate surface area is 149 Å². The number of hydrogen-bond acceptors (Lipinski definition) is 3. The summed E-state index contributed by atoms with van der Waals surface area (Å²) in [7, 11) is -3.69. The highest BCUT2D eigenvalue weighted by Crippen LogP contribution is 2.22. The molecule has 2 aromatic rings. The summed E-state index contributed by atoms with van der Waals surface area (Å²) in [6.45, 7) is 5.76. The average Bonchev–Trinajstić information content (AvgIpc) is 2.57. The number of carbonyl (C=O) groups excluding carboxylic acids is 1. The molecule has 0 saturated carbocycles. The Kier molecular flexibility index (Phi) is 6.20. The molecule has 1 amide bonds. The Morgan fingerprint density at radius 2 is 1.76 bits per heavy atom. The fourth-order valence-electron chi connectivity index (χ4n) is 2.60. The van der Waals surface area contributed by atoms with E-state index >= 15 is 0 Å². The molecule has 25 heavy (non-hydrogen) atoms. The van der Waals surface area contributed by atoms with Crippen molar-refractivity contribution < 1.29 is 13.2 Å². The molecule has 0 aliphatic rings. The Morgan fingerprint density at radius 1 is 1.08 bits per heavy atom. The van der Waals surface area contributed by atoms with Crippen LogP contribution in [0.4, 0.5) is 5.69 Å². The molecule has 0 aliphatic carbocycles. The second-order valence-electron chi connectivity index (χ2n) is 6.06. The zero-order valence-corrected chi connectivity index (χ0v) is 15.6. The minimum atomic E-state index is -3.69. The third-order valence-electron chi connectivity index (χ3n) is 3.98. The zero-order valence-electron chi connectivity index (χ0n) is 14.7. The van der Waals surface area contributed by atoms with Crippen molar-refractivity contribution in [3.8, 4) is 0 Å². The van der Waals surface area contributed by atoms with Gasteiger partial charge in [0.25, 0.3) is 15.9 Å². The molecule has 0 heterocycles. The molecule has 1 atom stereocenters. The summed E-state index contributed by atoms with van der Waals surface area (Å²) in [6.07, 6.45) is 1.88. The molecule has 134 valence electrons. The van der Waals surface area contributed by atoms with Crippen LogP contribution in [0.5, 0.6) is 0 Å². The van der Waals surface area contributed by atoms with Crippen molar-refractivity contribution in [3.63, 3.8) is 0 Å². The normalized spacial score (nSPS) is 12.4. The third-order valence-corrected chi connectivity index (χ3v) is 5.36. The summed E-state index contributed by atoms with van der Waals surface area (Å²) >= 11 is 0. The van der Waals surface area contributed by atoms with Gasteiger partial charge in [0.1, 0.15) is 0 Å². The van der Waals surface area contributed by atoms with Crippen molar-refractivity contribution in [3.05, 3.63) is 59.7 Å². The zero-order chi connectivity index (χ0) is 18.4. The van der Waals surface area contributed by atoms with Gasteiger partial charge in [-0.15, -0.1) is 0 Å².